The fourth-order valence-electron chi connectivity index (χ4n) is 2.48. The number of nitrogens with zero attached hydrogens (tertiary/aromatic N) is 1. The average molecular weight is 350 g/mol. The van der Waals surface area contributed by atoms with Gasteiger partial charge in [-0.15, -0.1) is 0 Å². The van der Waals surface area contributed by atoms with Crippen LogP contribution in [0.4, 0.5) is 4.39 Å². The number of carbonyl (C=O) groups excluding carboxylic acids is 4. The number of carbonyl (C=O) groups is 5. The molecule has 132 valence electrons. The van der Waals surface area contributed by atoms with Crippen molar-refractivity contribution in [3.8, 4) is 0 Å². The molecular weight excluding hydrogens is 335 g/mol. The third-order valence-electron chi connectivity index (χ3n) is 3.81. The zero-order valence-electron chi connectivity index (χ0n) is 13.2. The largest absolute Gasteiger partial charge is 0.481 e. The highest BCUT2D eigenvalue weighted by molar-refractivity contribution is 6.22. The van der Waals surface area contributed by atoms with Crippen LogP contribution in [0.1, 0.15) is 34.1 Å². The molecule has 0 fully saturated rings. The van der Waals surface area contributed by atoms with Crippen molar-refractivity contribution in [1.29, 1.82) is 0 Å². The number of fused-ring (bicyclic) bond motifs is 1. The SMILES string of the molecule is C[C@@H](C(=O)NC(CC(=O)O)C(=O)CF)N1C(=O)c2ccccc2C1=O. The second kappa shape index (κ2) is 7.20. The maximum Gasteiger partial charge on any atom is 0.305 e. The summed E-state index contributed by atoms with van der Waals surface area (Å²) >= 11 is 0. The molecule has 1 aromatic carbocycles. The van der Waals surface area contributed by atoms with Crippen LogP contribution in [0.3, 0.4) is 0 Å². The molecule has 0 aliphatic carbocycles. The van der Waals surface area contributed by atoms with Gasteiger partial charge in [-0.1, -0.05) is 12.1 Å². The van der Waals surface area contributed by atoms with Gasteiger partial charge in [0.25, 0.3) is 11.8 Å². The van der Waals surface area contributed by atoms with Crippen LogP contribution in [0.2, 0.25) is 0 Å². The molecule has 1 aliphatic rings. The Morgan fingerprint density at radius 2 is 1.68 bits per heavy atom. The van der Waals surface area contributed by atoms with E-state index in [9.17, 15) is 28.4 Å². The van der Waals surface area contributed by atoms with Gasteiger partial charge in [0.2, 0.25) is 5.91 Å². The van der Waals surface area contributed by atoms with Gasteiger partial charge in [-0.2, -0.15) is 0 Å². The molecular formula is C16H15FN2O6. The summed E-state index contributed by atoms with van der Waals surface area (Å²) in [5.41, 5.74) is 0.295. The molecule has 3 amide bonds. The fraction of sp³-hybridized carbons (Fsp3) is 0.312. The predicted octanol–water partition coefficient (Wildman–Crippen LogP) is 0.169. The number of hydrogen-bond acceptors (Lipinski definition) is 5. The van der Waals surface area contributed by atoms with Crippen LogP contribution in [-0.2, 0) is 14.4 Å². The zero-order chi connectivity index (χ0) is 18.7. The third kappa shape index (κ3) is 3.54. The maximum absolute atomic E-state index is 12.5. The van der Waals surface area contributed by atoms with Crippen LogP contribution in [0, 0.1) is 0 Å². The van der Waals surface area contributed by atoms with Crippen molar-refractivity contribution in [2.45, 2.75) is 25.4 Å². The molecule has 9 heteroatoms. The topological polar surface area (TPSA) is 121 Å². The molecule has 8 nitrogen and oxygen atoms in total. The minimum Gasteiger partial charge on any atom is -0.481 e. The molecule has 1 aromatic rings. The van der Waals surface area contributed by atoms with E-state index in [2.05, 4.69) is 5.32 Å². The fourth-order valence-corrected chi connectivity index (χ4v) is 2.48. The first-order valence-electron chi connectivity index (χ1n) is 7.35. The van der Waals surface area contributed by atoms with Crippen molar-refractivity contribution in [1.82, 2.24) is 10.2 Å². The molecule has 0 aromatic heterocycles. The second-order valence-electron chi connectivity index (χ2n) is 5.46. The Balaban J connectivity index is 2.17. The predicted molar refractivity (Wildman–Crippen MR) is 81.6 cm³/mol. The number of hydrogen-bond donors (Lipinski definition) is 2. The van der Waals surface area contributed by atoms with Crippen molar-refractivity contribution in [3.63, 3.8) is 0 Å². The Labute approximate surface area is 141 Å². The number of carboxylic acid groups (broad SMARTS) is 1. The van der Waals surface area contributed by atoms with Gasteiger partial charge in [0.05, 0.1) is 17.5 Å². The van der Waals surface area contributed by atoms with Crippen molar-refractivity contribution in [2.24, 2.45) is 0 Å². The van der Waals surface area contributed by atoms with Gasteiger partial charge in [-0.3, -0.25) is 28.9 Å². The minimum atomic E-state index is -1.58. The first kappa shape index (κ1) is 18.2. The lowest BCUT2D eigenvalue weighted by Gasteiger charge is -2.24. The van der Waals surface area contributed by atoms with Crippen LogP contribution in [0.15, 0.2) is 24.3 Å². The highest BCUT2D eigenvalue weighted by atomic mass is 19.1. The van der Waals surface area contributed by atoms with E-state index in [1.54, 1.807) is 12.1 Å². The van der Waals surface area contributed by atoms with Gasteiger partial charge in [-0.25, -0.2) is 4.39 Å². The smallest absolute Gasteiger partial charge is 0.305 e. The normalized spacial score (nSPS) is 15.5. The second-order valence-corrected chi connectivity index (χ2v) is 5.46. The minimum absolute atomic E-state index is 0.147. The highest BCUT2D eigenvalue weighted by Crippen LogP contribution is 2.24. The number of imide groups is 1. The van der Waals surface area contributed by atoms with Gasteiger partial charge >= 0.3 is 5.97 Å². The number of halogens is 1. The van der Waals surface area contributed by atoms with Crippen LogP contribution >= 0.6 is 0 Å². The van der Waals surface area contributed by atoms with Gasteiger partial charge < -0.3 is 10.4 Å². The lowest BCUT2D eigenvalue weighted by atomic mass is 10.1. The van der Waals surface area contributed by atoms with Gasteiger partial charge in [0, 0.05) is 0 Å². The summed E-state index contributed by atoms with van der Waals surface area (Å²) in [7, 11) is 0. The van der Waals surface area contributed by atoms with Crippen LogP contribution in [0.5, 0.6) is 0 Å². The quantitative estimate of drug-likeness (QED) is 0.676. The summed E-state index contributed by atoms with van der Waals surface area (Å²) in [5, 5.41) is 10.8. The summed E-state index contributed by atoms with van der Waals surface area (Å²) in [5.74, 6) is -4.78. The standard InChI is InChI=1S/C16H15FN2O6/c1-8(14(23)18-11(6-13(21)22)12(20)7-17)19-15(24)9-4-2-3-5-10(9)16(19)25/h2-5,8,11H,6-7H2,1H3,(H,18,23)(H,21,22)/t8-,11?/m0/s1. The number of Topliss-reactive ketones (excluding diaryl/α,β-unsaturated/α-hetero) is 1. The molecule has 0 radical (unpaired) electrons. The van der Waals surface area contributed by atoms with E-state index < -0.39 is 54.7 Å². The van der Waals surface area contributed by atoms with Crippen LogP contribution < -0.4 is 5.32 Å². The number of rotatable bonds is 7. The number of carboxylic acids is 1. The Morgan fingerprint density at radius 3 is 2.12 bits per heavy atom. The molecule has 1 heterocycles. The monoisotopic (exact) mass is 350 g/mol. The Kier molecular flexibility index (Phi) is 5.26. The van der Waals surface area contributed by atoms with Crippen molar-refractivity contribution >= 4 is 29.5 Å². The van der Waals surface area contributed by atoms with E-state index in [1.807, 2.05) is 0 Å². The van der Waals surface area contributed by atoms with Gasteiger partial charge in [0.15, 0.2) is 5.78 Å². The lowest BCUT2D eigenvalue weighted by Crippen LogP contribution is -2.52. The van der Waals surface area contributed by atoms with E-state index in [1.165, 1.54) is 19.1 Å². The van der Waals surface area contributed by atoms with E-state index in [4.69, 9.17) is 5.11 Å². The molecule has 0 saturated heterocycles. The summed E-state index contributed by atoms with van der Waals surface area (Å²) in [6.07, 6.45) is -0.802. The Bertz CT molecular complexity index is 728. The summed E-state index contributed by atoms with van der Waals surface area (Å²) < 4.78 is 12.5. The summed E-state index contributed by atoms with van der Waals surface area (Å²) in [6.45, 7) is -0.186. The molecule has 2 rings (SSSR count). The molecule has 2 N–H and O–H groups in total. The summed E-state index contributed by atoms with van der Waals surface area (Å²) in [6, 6.07) is 3.16. The Morgan fingerprint density at radius 1 is 1.16 bits per heavy atom. The van der Waals surface area contributed by atoms with Crippen LogP contribution in [0.25, 0.3) is 0 Å². The Hall–Kier alpha value is -3.10. The number of amides is 3. The zero-order valence-corrected chi connectivity index (χ0v) is 13.2. The van der Waals surface area contributed by atoms with E-state index in [0.29, 0.717) is 0 Å². The van der Waals surface area contributed by atoms with Gasteiger partial charge in [0.1, 0.15) is 18.8 Å². The van der Waals surface area contributed by atoms with Crippen molar-refractivity contribution < 1.29 is 33.5 Å². The summed E-state index contributed by atoms with van der Waals surface area (Å²) in [4.78, 5) is 59.8. The first-order chi connectivity index (χ1) is 11.8. The molecule has 2 atom stereocenters. The van der Waals surface area contributed by atoms with Crippen LogP contribution in [-0.4, -0.2) is 58.2 Å². The van der Waals surface area contributed by atoms with E-state index in [0.717, 1.165) is 4.90 Å². The molecule has 0 spiro atoms. The molecule has 0 bridgehead atoms. The molecule has 1 unspecified atom stereocenters. The highest BCUT2D eigenvalue weighted by Gasteiger charge is 2.41. The lowest BCUT2D eigenvalue weighted by molar-refractivity contribution is -0.140. The number of nitrogens with one attached hydrogen (secondary N) is 1. The van der Waals surface area contributed by atoms with Crippen molar-refractivity contribution in [3.05, 3.63) is 35.4 Å². The van der Waals surface area contributed by atoms with Gasteiger partial charge in [-0.05, 0) is 19.1 Å². The number of alkyl halides is 1. The van der Waals surface area contributed by atoms with E-state index in [-0.39, 0.29) is 11.1 Å². The third-order valence-corrected chi connectivity index (χ3v) is 3.81. The first-order valence-corrected chi connectivity index (χ1v) is 7.35. The maximum atomic E-state index is 12.5. The van der Waals surface area contributed by atoms with E-state index >= 15 is 0 Å². The number of ketones is 1. The molecule has 25 heavy (non-hydrogen) atoms. The average Bonchev–Trinajstić information content (AvgIpc) is 2.84. The number of aliphatic carboxylic acids is 1. The molecule has 1 aliphatic heterocycles. The van der Waals surface area contributed by atoms with Crippen molar-refractivity contribution in [2.75, 3.05) is 6.67 Å². The molecule has 0 saturated carbocycles. The number of benzene rings is 1.